The van der Waals surface area contributed by atoms with Crippen LogP contribution in [0.15, 0.2) is 29.2 Å². The molecule has 0 spiro atoms. The van der Waals surface area contributed by atoms with Gasteiger partial charge in [-0.25, -0.2) is 9.18 Å². The monoisotopic (exact) mass is 401 g/mol. The molecule has 3 heterocycles. The number of aromatic nitrogens is 1. The second kappa shape index (κ2) is 7.14. The Morgan fingerprint density at radius 2 is 2.14 bits per heavy atom. The molecule has 5 nitrogen and oxygen atoms in total. The predicted octanol–water partition coefficient (Wildman–Crippen LogP) is 4.02. The smallest absolute Gasteiger partial charge is 0.343 e. The molecule has 3 aromatic heterocycles. The van der Waals surface area contributed by atoms with Gasteiger partial charge in [0.2, 0.25) is 0 Å². The van der Waals surface area contributed by atoms with Gasteiger partial charge in [0.05, 0.1) is 23.6 Å². The fourth-order valence-corrected chi connectivity index (χ4v) is 4.55. The summed E-state index contributed by atoms with van der Waals surface area (Å²) in [5.41, 5.74) is 2.99. The fraction of sp³-hybridized carbons (Fsp3) is 0.333. The number of carbonyl (C=O) groups excluding carboxylic acids is 1. The SMILES string of the molecule is CCOC(=O)c1cc(C2CC2)c2c(C)c(-c3cc(F)c(CO)s3)ccn2c1=O. The highest BCUT2D eigenvalue weighted by atomic mass is 32.1. The number of aryl methyl sites for hydroxylation is 1. The van der Waals surface area contributed by atoms with Crippen molar-refractivity contribution in [1.82, 2.24) is 4.40 Å². The molecule has 0 radical (unpaired) electrons. The first-order valence-electron chi connectivity index (χ1n) is 9.21. The molecule has 1 fully saturated rings. The van der Waals surface area contributed by atoms with Crippen LogP contribution in [-0.4, -0.2) is 22.1 Å². The summed E-state index contributed by atoms with van der Waals surface area (Å²) in [6.45, 7) is 3.46. The van der Waals surface area contributed by atoms with E-state index in [0.717, 1.165) is 35.0 Å². The largest absolute Gasteiger partial charge is 0.462 e. The minimum Gasteiger partial charge on any atom is -0.462 e. The first kappa shape index (κ1) is 18.8. The van der Waals surface area contributed by atoms with Gasteiger partial charge in [0.25, 0.3) is 5.56 Å². The van der Waals surface area contributed by atoms with Gasteiger partial charge in [0.15, 0.2) is 0 Å². The normalized spacial score (nSPS) is 13.9. The number of hydrogen-bond acceptors (Lipinski definition) is 5. The first-order valence-corrected chi connectivity index (χ1v) is 10.0. The summed E-state index contributed by atoms with van der Waals surface area (Å²) in [4.78, 5) is 26.2. The second-order valence-electron chi connectivity index (χ2n) is 6.93. The van der Waals surface area contributed by atoms with Crippen LogP contribution in [0.4, 0.5) is 4.39 Å². The van der Waals surface area contributed by atoms with Crippen molar-refractivity contribution in [3.63, 3.8) is 0 Å². The van der Waals surface area contributed by atoms with Crippen LogP contribution in [0.25, 0.3) is 16.0 Å². The maximum Gasteiger partial charge on any atom is 0.343 e. The summed E-state index contributed by atoms with van der Waals surface area (Å²) >= 11 is 1.20. The van der Waals surface area contributed by atoms with Gasteiger partial charge in [0.1, 0.15) is 11.4 Å². The third-order valence-corrected chi connectivity index (χ3v) is 6.22. The standard InChI is InChI=1S/C21H20FNO4S/c1-3-27-21(26)15-8-14(12-4-5-12)19-11(2)13(6-7-23(19)20(15)25)17-9-16(22)18(10-24)28-17/h6-9,12,24H,3-5,10H2,1-2H3. The molecule has 3 aromatic rings. The fourth-order valence-electron chi connectivity index (χ4n) is 3.57. The van der Waals surface area contributed by atoms with Gasteiger partial charge in [0, 0.05) is 11.1 Å². The van der Waals surface area contributed by atoms with Crippen molar-refractivity contribution in [2.24, 2.45) is 0 Å². The summed E-state index contributed by atoms with van der Waals surface area (Å²) in [6, 6.07) is 4.83. The highest BCUT2D eigenvalue weighted by Gasteiger charge is 2.30. The lowest BCUT2D eigenvalue weighted by atomic mass is 10.00. The Kier molecular flexibility index (Phi) is 4.81. The van der Waals surface area contributed by atoms with Crippen LogP contribution in [0.3, 0.4) is 0 Å². The average Bonchev–Trinajstić information content (AvgIpc) is 3.45. The van der Waals surface area contributed by atoms with E-state index in [-0.39, 0.29) is 23.7 Å². The van der Waals surface area contributed by atoms with Gasteiger partial charge in [-0.1, -0.05) is 0 Å². The van der Waals surface area contributed by atoms with Gasteiger partial charge in [-0.2, -0.15) is 0 Å². The van der Waals surface area contributed by atoms with Crippen molar-refractivity contribution in [2.75, 3.05) is 6.61 Å². The van der Waals surface area contributed by atoms with Crippen LogP contribution in [0.2, 0.25) is 0 Å². The summed E-state index contributed by atoms with van der Waals surface area (Å²) in [5, 5.41) is 9.29. The number of thiophene rings is 1. The van der Waals surface area contributed by atoms with E-state index >= 15 is 0 Å². The number of fused-ring (bicyclic) bond motifs is 1. The molecule has 1 aliphatic rings. The molecule has 0 aliphatic heterocycles. The van der Waals surface area contributed by atoms with Crippen LogP contribution < -0.4 is 5.56 Å². The number of pyridine rings is 2. The Balaban J connectivity index is 1.97. The Hall–Kier alpha value is -2.51. The topological polar surface area (TPSA) is 68.0 Å². The molecule has 1 aliphatic carbocycles. The number of esters is 1. The minimum atomic E-state index is -0.613. The van der Waals surface area contributed by atoms with Crippen LogP contribution >= 0.6 is 11.3 Å². The lowest BCUT2D eigenvalue weighted by Crippen LogP contribution is -2.25. The van der Waals surface area contributed by atoms with Crippen molar-refractivity contribution >= 4 is 22.8 Å². The Bertz CT molecular complexity index is 1140. The molecular weight excluding hydrogens is 381 g/mol. The van der Waals surface area contributed by atoms with Crippen molar-refractivity contribution in [3.8, 4) is 10.4 Å². The Morgan fingerprint density at radius 3 is 2.75 bits per heavy atom. The number of hydrogen-bond donors (Lipinski definition) is 1. The van der Waals surface area contributed by atoms with E-state index in [1.807, 2.05) is 6.92 Å². The molecular formula is C21H20FNO4S. The van der Waals surface area contributed by atoms with E-state index in [1.54, 1.807) is 25.3 Å². The minimum absolute atomic E-state index is 0.0399. The van der Waals surface area contributed by atoms with Crippen LogP contribution in [0.5, 0.6) is 0 Å². The summed E-state index contributed by atoms with van der Waals surface area (Å²) in [5.74, 6) is -0.747. The first-order chi connectivity index (χ1) is 13.5. The molecule has 0 atom stereocenters. The molecule has 0 saturated heterocycles. The molecule has 7 heteroatoms. The lowest BCUT2D eigenvalue weighted by Gasteiger charge is -2.15. The lowest BCUT2D eigenvalue weighted by molar-refractivity contribution is 0.0524. The van der Waals surface area contributed by atoms with E-state index < -0.39 is 17.3 Å². The van der Waals surface area contributed by atoms with Crippen LogP contribution in [0, 0.1) is 12.7 Å². The number of carbonyl (C=O) groups is 1. The third-order valence-electron chi connectivity index (χ3n) is 5.09. The second-order valence-corrected chi connectivity index (χ2v) is 8.06. The maximum absolute atomic E-state index is 14.0. The molecule has 1 saturated carbocycles. The van der Waals surface area contributed by atoms with Crippen LogP contribution in [0.1, 0.15) is 52.0 Å². The van der Waals surface area contributed by atoms with Gasteiger partial charge in [-0.3, -0.25) is 9.20 Å². The molecule has 146 valence electrons. The highest BCUT2D eigenvalue weighted by molar-refractivity contribution is 7.15. The molecule has 28 heavy (non-hydrogen) atoms. The van der Waals surface area contributed by atoms with Gasteiger partial charge >= 0.3 is 5.97 Å². The molecule has 0 aromatic carbocycles. The van der Waals surface area contributed by atoms with E-state index in [0.29, 0.717) is 10.8 Å². The average molecular weight is 401 g/mol. The third kappa shape index (κ3) is 3.04. The number of halogens is 1. The number of aliphatic hydroxyl groups excluding tert-OH is 1. The molecule has 1 N–H and O–H groups in total. The van der Waals surface area contributed by atoms with Crippen molar-refractivity contribution < 1.29 is 19.0 Å². The Morgan fingerprint density at radius 1 is 1.39 bits per heavy atom. The van der Waals surface area contributed by atoms with Crippen molar-refractivity contribution in [2.45, 2.75) is 39.2 Å². The molecule has 4 rings (SSSR count). The number of rotatable bonds is 5. The predicted molar refractivity (Wildman–Crippen MR) is 106 cm³/mol. The van der Waals surface area contributed by atoms with E-state index in [2.05, 4.69) is 0 Å². The van der Waals surface area contributed by atoms with Crippen molar-refractivity contribution in [3.05, 3.63) is 62.1 Å². The maximum atomic E-state index is 14.0. The number of nitrogens with zero attached hydrogens (tertiary/aromatic N) is 1. The number of aliphatic hydroxyl groups is 1. The summed E-state index contributed by atoms with van der Waals surface area (Å²) in [6.07, 6.45) is 3.63. The molecule has 0 bridgehead atoms. The van der Waals surface area contributed by atoms with Crippen molar-refractivity contribution in [1.29, 1.82) is 0 Å². The zero-order valence-corrected chi connectivity index (χ0v) is 16.4. The van der Waals surface area contributed by atoms with Gasteiger partial charge < -0.3 is 9.84 Å². The van der Waals surface area contributed by atoms with E-state index in [4.69, 9.17) is 4.74 Å². The van der Waals surface area contributed by atoms with Gasteiger partial charge in [-0.15, -0.1) is 11.3 Å². The van der Waals surface area contributed by atoms with E-state index in [9.17, 15) is 19.1 Å². The number of ether oxygens (including phenoxy) is 1. The van der Waals surface area contributed by atoms with Crippen LogP contribution in [-0.2, 0) is 11.3 Å². The summed E-state index contributed by atoms with van der Waals surface area (Å²) < 4.78 is 20.5. The van der Waals surface area contributed by atoms with Gasteiger partial charge in [-0.05, 0) is 67.5 Å². The van der Waals surface area contributed by atoms with E-state index in [1.165, 1.54) is 21.8 Å². The molecule has 0 amide bonds. The molecule has 0 unspecified atom stereocenters. The highest BCUT2D eigenvalue weighted by Crippen LogP contribution is 2.44. The zero-order valence-electron chi connectivity index (χ0n) is 15.6. The zero-order chi connectivity index (χ0) is 20.0. The quantitative estimate of drug-likeness (QED) is 0.656. The Labute approximate surface area is 165 Å². The summed E-state index contributed by atoms with van der Waals surface area (Å²) in [7, 11) is 0.